The van der Waals surface area contributed by atoms with E-state index in [-0.39, 0.29) is 7.43 Å². The Morgan fingerprint density at radius 2 is 0.600 bits per heavy atom. The molecule has 2 nitrogen and oxygen atoms in total. The van der Waals surface area contributed by atoms with Gasteiger partial charge in [-0.15, -0.1) is 0 Å². The van der Waals surface area contributed by atoms with Gasteiger partial charge in [-0.2, -0.15) is 0 Å². The Morgan fingerprint density at radius 3 is 1.05 bits per heavy atom. The van der Waals surface area contributed by atoms with Crippen LogP contribution in [-0.4, -0.2) is 17.2 Å². The molecule has 0 amide bonds. The van der Waals surface area contributed by atoms with Crippen molar-refractivity contribution in [3.63, 3.8) is 0 Å². The standard InChI is InChI=1S/C30H20.C16H13BO2.C14H9Br.CH4/c1-2-10-21(11-3-1)24-18-19-29(28-17-9-8-16-27(24)28)30-25-14-6-4-12-22(25)20-23-13-5-7-15-26(23)30;18-17(19)16-11-10-13(12-6-2-1-3-7-12)14-8-4-5-9-15(14)16;15-14-12-7-3-1-5-10(12)9-11-6-2-4-8-13(11)14;/h1-20H;1-11,18-19H;1-9H;1H4. The molecular weight excluding hydrogens is 855 g/mol. The van der Waals surface area contributed by atoms with Crippen molar-refractivity contribution in [1.82, 2.24) is 0 Å². The van der Waals surface area contributed by atoms with E-state index in [1.807, 2.05) is 48.5 Å². The Morgan fingerprint density at radius 1 is 0.292 bits per heavy atom. The highest BCUT2D eigenvalue weighted by molar-refractivity contribution is 9.10. The van der Waals surface area contributed by atoms with Crippen LogP contribution in [0.2, 0.25) is 0 Å². The van der Waals surface area contributed by atoms with Crippen LogP contribution in [0.25, 0.3) is 98.0 Å². The van der Waals surface area contributed by atoms with Crippen molar-refractivity contribution in [2.45, 2.75) is 7.43 Å². The summed E-state index contributed by atoms with van der Waals surface area (Å²) in [6.45, 7) is 0. The van der Waals surface area contributed by atoms with Crippen LogP contribution in [-0.2, 0) is 0 Å². The first kappa shape index (κ1) is 42.9. The van der Waals surface area contributed by atoms with Crippen LogP contribution in [0.3, 0.4) is 0 Å². The lowest BCUT2D eigenvalue weighted by Gasteiger charge is -2.16. The van der Waals surface area contributed by atoms with Crippen LogP contribution in [0.4, 0.5) is 0 Å². The molecule has 312 valence electrons. The fraction of sp³-hybridized carbons (Fsp3) is 0.0164. The maximum absolute atomic E-state index is 9.44. The summed E-state index contributed by atoms with van der Waals surface area (Å²) in [6, 6.07) is 84.5. The highest BCUT2D eigenvalue weighted by atomic mass is 79.9. The molecule has 0 aliphatic heterocycles. The van der Waals surface area contributed by atoms with Gasteiger partial charge in [0, 0.05) is 4.47 Å². The fourth-order valence-electron chi connectivity index (χ4n) is 9.07. The molecule has 0 unspecified atom stereocenters. The highest BCUT2D eigenvalue weighted by Crippen LogP contribution is 2.42. The van der Waals surface area contributed by atoms with Crippen molar-refractivity contribution < 1.29 is 10.0 Å². The van der Waals surface area contributed by atoms with E-state index in [0.29, 0.717) is 5.46 Å². The average Bonchev–Trinajstić information content (AvgIpc) is 3.36. The Bertz CT molecular complexity index is 3500. The van der Waals surface area contributed by atoms with Gasteiger partial charge in [-0.1, -0.05) is 238 Å². The van der Waals surface area contributed by atoms with Crippen LogP contribution >= 0.6 is 15.9 Å². The second-order valence-electron chi connectivity index (χ2n) is 15.9. The molecular formula is C61H46BBrO2. The van der Waals surface area contributed by atoms with Gasteiger partial charge in [0.2, 0.25) is 0 Å². The molecule has 0 aliphatic rings. The zero-order chi connectivity index (χ0) is 43.4. The van der Waals surface area contributed by atoms with E-state index in [0.717, 1.165) is 21.9 Å². The van der Waals surface area contributed by atoms with Gasteiger partial charge in [0.1, 0.15) is 0 Å². The number of rotatable bonds is 4. The highest BCUT2D eigenvalue weighted by Gasteiger charge is 2.17. The van der Waals surface area contributed by atoms with Gasteiger partial charge in [0.25, 0.3) is 0 Å². The van der Waals surface area contributed by atoms with E-state index in [9.17, 15) is 10.0 Å². The number of benzene rings is 12. The van der Waals surface area contributed by atoms with E-state index >= 15 is 0 Å². The summed E-state index contributed by atoms with van der Waals surface area (Å²) < 4.78 is 1.19. The van der Waals surface area contributed by atoms with E-state index < -0.39 is 7.12 Å². The Hall–Kier alpha value is -7.34. The van der Waals surface area contributed by atoms with Crippen molar-refractivity contribution in [1.29, 1.82) is 0 Å². The largest absolute Gasteiger partial charge is 0.489 e. The van der Waals surface area contributed by atoms with Crippen LogP contribution < -0.4 is 5.46 Å². The third kappa shape index (κ3) is 8.56. The number of hydrogen-bond donors (Lipinski definition) is 2. The molecule has 2 N–H and O–H groups in total. The SMILES string of the molecule is Brc1c2ccccc2cc2ccccc12.C.OB(O)c1ccc(-c2ccccc2)c2ccccc12.c1ccc(-c2ccc(-c3c4ccccc4cc4ccccc34)c3ccccc23)cc1. The summed E-state index contributed by atoms with van der Waals surface area (Å²) >= 11 is 3.68. The topological polar surface area (TPSA) is 40.5 Å². The van der Waals surface area contributed by atoms with Gasteiger partial charge < -0.3 is 10.0 Å². The first-order valence-corrected chi connectivity index (χ1v) is 22.3. The third-order valence-electron chi connectivity index (χ3n) is 12.1. The normalized spacial score (nSPS) is 10.9. The molecule has 12 aromatic carbocycles. The van der Waals surface area contributed by atoms with E-state index in [2.05, 4.69) is 204 Å². The van der Waals surface area contributed by atoms with Crippen molar-refractivity contribution in [2.75, 3.05) is 0 Å². The molecule has 0 radical (unpaired) electrons. The zero-order valence-electron chi connectivity index (χ0n) is 34.9. The third-order valence-corrected chi connectivity index (χ3v) is 12.9. The van der Waals surface area contributed by atoms with Crippen molar-refractivity contribution >= 4 is 93.1 Å². The lowest BCUT2D eigenvalue weighted by molar-refractivity contribution is 0.426. The Balaban J connectivity index is 0.000000131. The lowest BCUT2D eigenvalue weighted by Crippen LogP contribution is -2.30. The smallest absolute Gasteiger partial charge is 0.423 e. The summed E-state index contributed by atoms with van der Waals surface area (Å²) in [5, 5.41) is 33.6. The van der Waals surface area contributed by atoms with Gasteiger partial charge in [0.05, 0.1) is 0 Å². The minimum atomic E-state index is -1.45. The molecule has 0 aromatic heterocycles. The maximum atomic E-state index is 9.44. The predicted octanol–water partition coefficient (Wildman–Crippen LogP) is 16.1. The quantitative estimate of drug-likeness (QED) is 0.136. The maximum Gasteiger partial charge on any atom is 0.489 e. The molecule has 0 spiro atoms. The van der Waals surface area contributed by atoms with Crippen molar-refractivity contribution in [2.24, 2.45) is 0 Å². The molecule has 4 heteroatoms. The Kier molecular flexibility index (Phi) is 12.7. The molecule has 0 fully saturated rings. The monoisotopic (exact) mass is 900 g/mol. The Labute approximate surface area is 389 Å². The summed E-state index contributed by atoms with van der Waals surface area (Å²) in [5.74, 6) is 0. The van der Waals surface area contributed by atoms with Crippen LogP contribution in [0.15, 0.2) is 247 Å². The van der Waals surface area contributed by atoms with Gasteiger partial charge in [-0.05, 0) is 132 Å². The van der Waals surface area contributed by atoms with Crippen molar-refractivity contribution in [3.05, 3.63) is 247 Å². The number of fused-ring (bicyclic) bond motifs is 6. The number of hydrogen-bond acceptors (Lipinski definition) is 2. The molecule has 65 heavy (non-hydrogen) atoms. The van der Waals surface area contributed by atoms with Gasteiger partial charge >= 0.3 is 7.12 Å². The molecule has 12 aromatic rings. The summed E-state index contributed by atoms with van der Waals surface area (Å²) in [7, 11) is -1.45. The fourth-order valence-corrected chi connectivity index (χ4v) is 9.79. The van der Waals surface area contributed by atoms with Crippen LogP contribution in [0.5, 0.6) is 0 Å². The molecule has 0 saturated carbocycles. The lowest BCUT2D eigenvalue weighted by atomic mass is 9.76. The number of halogens is 1. The first-order chi connectivity index (χ1) is 31.5. The second kappa shape index (κ2) is 19.2. The van der Waals surface area contributed by atoms with Crippen LogP contribution in [0.1, 0.15) is 7.43 Å². The van der Waals surface area contributed by atoms with E-state index in [4.69, 9.17) is 0 Å². The average molecular weight is 902 g/mol. The first-order valence-electron chi connectivity index (χ1n) is 21.5. The minimum Gasteiger partial charge on any atom is -0.423 e. The molecule has 0 bridgehead atoms. The van der Waals surface area contributed by atoms with E-state index in [1.165, 1.54) is 80.6 Å². The summed E-state index contributed by atoms with van der Waals surface area (Å²) in [6.07, 6.45) is 0. The molecule has 0 aliphatic carbocycles. The summed E-state index contributed by atoms with van der Waals surface area (Å²) in [5.41, 5.74) is 7.90. The minimum absolute atomic E-state index is 0. The van der Waals surface area contributed by atoms with Gasteiger partial charge in [-0.25, -0.2) is 0 Å². The van der Waals surface area contributed by atoms with Gasteiger partial charge in [-0.3, -0.25) is 0 Å². The van der Waals surface area contributed by atoms with Crippen LogP contribution in [0, 0.1) is 0 Å². The van der Waals surface area contributed by atoms with Crippen molar-refractivity contribution in [3.8, 4) is 33.4 Å². The molecule has 0 saturated heterocycles. The van der Waals surface area contributed by atoms with E-state index in [1.54, 1.807) is 6.07 Å². The molecule has 0 heterocycles. The summed E-state index contributed by atoms with van der Waals surface area (Å²) in [4.78, 5) is 0. The second-order valence-corrected chi connectivity index (χ2v) is 16.7. The zero-order valence-corrected chi connectivity index (χ0v) is 36.5. The molecule has 12 rings (SSSR count). The molecule has 0 atom stereocenters. The predicted molar refractivity (Wildman–Crippen MR) is 285 cm³/mol. The van der Waals surface area contributed by atoms with Gasteiger partial charge in [0.15, 0.2) is 0 Å².